The largest absolute Gasteiger partial charge is 0.493 e. The molecule has 2 aromatic rings. The zero-order valence-corrected chi connectivity index (χ0v) is 14.9. The summed E-state index contributed by atoms with van der Waals surface area (Å²) in [6, 6.07) is 11.1. The van der Waals surface area contributed by atoms with E-state index in [2.05, 4.69) is 5.10 Å². The average Bonchev–Trinajstić information content (AvgIpc) is 3.13. The molecule has 0 aliphatic carbocycles. The summed E-state index contributed by atoms with van der Waals surface area (Å²) in [5.74, 6) is 0.728. The van der Waals surface area contributed by atoms with Crippen LogP contribution in [0.25, 0.3) is 0 Å². The Hall–Kier alpha value is -3.62. The summed E-state index contributed by atoms with van der Waals surface area (Å²) in [5, 5.41) is 16.6. The second-order valence-electron chi connectivity index (χ2n) is 5.62. The van der Waals surface area contributed by atoms with E-state index in [1.54, 1.807) is 30.3 Å². The van der Waals surface area contributed by atoms with E-state index in [-0.39, 0.29) is 17.1 Å². The van der Waals surface area contributed by atoms with E-state index in [9.17, 15) is 14.9 Å². The number of carbonyl (C=O) groups is 1. The van der Waals surface area contributed by atoms with Crippen molar-refractivity contribution in [2.45, 2.75) is 13.2 Å². The van der Waals surface area contributed by atoms with Crippen molar-refractivity contribution >= 4 is 17.5 Å². The number of ether oxygens (including phenoxy) is 3. The van der Waals surface area contributed by atoms with Crippen LogP contribution in [0.2, 0.25) is 0 Å². The number of nitro benzene ring substituents is 1. The normalized spacial score (nSPS) is 15.7. The van der Waals surface area contributed by atoms with Crippen LogP contribution in [0.1, 0.15) is 24.3 Å². The van der Waals surface area contributed by atoms with Crippen molar-refractivity contribution < 1.29 is 23.9 Å². The molecule has 0 radical (unpaired) electrons. The Morgan fingerprint density at radius 2 is 1.89 bits per heavy atom. The molecule has 0 aromatic heterocycles. The summed E-state index contributed by atoms with van der Waals surface area (Å²) in [6.07, 6.45) is -1.04. The fraction of sp³-hybridized carbons (Fsp3) is 0.222. The van der Waals surface area contributed by atoms with E-state index in [1.165, 1.54) is 33.3 Å². The van der Waals surface area contributed by atoms with Crippen molar-refractivity contribution in [1.82, 2.24) is 5.01 Å². The van der Waals surface area contributed by atoms with Gasteiger partial charge in [0.1, 0.15) is 0 Å². The van der Waals surface area contributed by atoms with E-state index in [0.717, 1.165) is 5.01 Å². The van der Waals surface area contributed by atoms with E-state index < -0.39 is 17.1 Å². The predicted molar refractivity (Wildman–Crippen MR) is 95.5 cm³/mol. The standard InChI is InChI=1S/C18H17N3O6/c1-11(22)20-18(13-6-4-5-7-14(13)21(23)24)27-17(19-20)12-8-9-15(25-2)16(10-12)26-3/h4-10,18H,1-3H3. The van der Waals surface area contributed by atoms with Crippen LogP contribution in [-0.4, -0.2) is 36.0 Å². The van der Waals surface area contributed by atoms with Gasteiger partial charge in [-0.15, -0.1) is 5.10 Å². The van der Waals surface area contributed by atoms with Crippen molar-refractivity contribution in [2.24, 2.45) is 5.10 Å². The average molecular weight is 371 g/mol. The van der Waals surface area contributed by atoms with Gasteiger partial charge < -0.3 is 14.2 Å². The van der Waals surface area contributed by atoms with Gasteiger partial charge in [-0.25, -0.2) is 0 Å². The lowest BCUT2D eigenvalue weighted by atomic mass is 10.1. The van der Waals surface area contributed by atoms with Gasteiger partial charge in [-0.05, 0) is 24.3 Å². The first-order valence-electron chi connectivity index (χ1n) is 7.97. The molecule has 1 aliphatic rings. The molecule has 9 heteroatoms. The summed E-state index contributed by atoms with van der Waals surface area (Å²) < 4.78 is 16.3. The van der Waals surface area contributed by atoms with Gasteiger partial charge >= 0.3 is 0 Å². The third-order valence-electron chi connectivity index (χ3n) is 4.00. The Morgan fingerprint density at radius 1 is 1.19 bits per heavy atom. The number of benzene rings is 2. The highest BCUT2D eigenvalue weighted by molar-refractivity contribution is 5.97. The Balaban J connectivity index is 2.01. The lowest BCUT2D eigenvalue weighted by Crippen LogP contribution is -2.25. The van der Waals surface area contributed by atoms with Crippen molar-refractivity contribution in [3.05, 3.63) is 63.7 Å². The minimum Gasteiger partial charge on any atom is -0.493 e. The molecule has 3 rings (SSSR count). The number of methoxy groups -OCH3 is 2. The molecule has 0 N–H and O–H groups in total. The number of rotatable bonds is 5. The molecule has 1 unspecified atom stereocenters. The topological polar surface area (TPSA) is 104 Å². The molecule has 0 saturated heterocycles. The quantitative estimate of drug-likeness (QED) is 0.591. The molecular formula is C18H17N3O6. The first kappa shape index (κ1) is 18.2. The van der Waals surface area contributed by atoms with E-state index in [1.807, 2.05) is 0 Å². The van der Waals surface area contributed by atoms with Crippen LogP contribution < -0.4 is 9.47 Å². The summed E-state index contributed by atoms with van der Waals surface area (Å²) in [7, 11) is 3.01. The molecule has 0 spiro atoms. The molecule has 0 bridgehead atoms. The van der Waals surface area contributed by atoms with Crippen LogP contribution in [-0.2, 0) is 9.53 Å². The fourth-order valence-electron chi connectivity index (χ4n) is 2.72. The lowest BCUT2D eigenvalue weighted by molar-refractivity contribution is -0.386. The maximum Gasteiger partial charge on any atom is 0.278 e. The lowest BCUT2D eigenvalue weighted by Gasteiger charge is -2.19. The van der Waals surface area contributed by atoms with Crippen LogP contribution in [0.4, 0.5) is 5.69 Å². The fourth-order valence-corrected chi connectivity index (χ4v) is 2.72. The van der Waals surface area contributed by atoms with Gasteiger partial charge in [0.15, 0.2) is 11.5 Å². The second-order valence-corrected chi connectivity index (χ2v) is 5.62. The molecule has 0 saturated carbocycles. The van der Waals surface area contributed by atoms with Crippen LogP contribution in [0.15, 0.2) is 47.6 Å². The predicted octanol–water partition coefficient (Wildman–Crippen LogP) is 2.85. The molecule has 1 amide bonds. The number of hydrazone groups is 1. The van der Waals surface area contributed by atoms with Crippen molar-refractivity contribution in [2.75, 3.05) is 14.2 Å². The maximum atomic E-state index is 12.0. The number of hydrogen-bond donors (Lipinski definition) is 0. The van der Waals surface area contributed by atoms with Crippen LogP contribution in [0.3, 0.4) is 0 Å². The van der Waals surface area contributed by atoms with Crippen molar-refractivity contribution in [3.63, 3.8) is 0 Å². The van der Waals surface area contributed by atoms with Gasteiger partial charge in [0.25, 0.3) is 5.69 Å². The number of hydrogen-bond acceptors (Lipinski definition) is 7. The summed E-state index contributed by atoms with van der Waals surface area (Å²) in [5.41, 5.74) is 0.620. The number of amides is 1. The Kier molecular flexibility index (Phi) is 4.93. The highest BCUT2D eigenvalue weighted by Crippen LogP contribution is 2.36. The van der Waals surface area contributed by atoms with Crippen LogP contribution >= 0.6 is 0 Å². The zero-order chi connectivity index (χ0) is 19.6. The Morgan fingerprint density at radius 3 is 2.52 bits per heavy atom. The highest BCUT2D eigenvalue weighted by atomic mass is 16.6. The first-order chi connectivity index (χ1) is 13.0. The number of nitrogens with zero attached hydrogens (tertiary/aromatic N) is 3. The zero-order valence-electron chi connectivity index (χ0n) is 14.9. The molecule has 140 valence electrons. The second kappa shape index (κ2) is 7.32. The van der Waals surface area contributed by atoms with Crippen molar-refractivity contribution in [1.29, 1.82) is 0 Å². The van der Waals surface area contributed by atoms with Gasteiger partial charge in [-0.3, -0.25) is 14.9 Å². The summed E-state index contributed by atoms with van der Waals surface area (Å²) >= 11 is 0. The van der Waals surface area contributed by atoms with Crippen molar-refractivity contribution in [3.8, 4) is 11.5 Å². The molecule has 1 atom stereocenters. The monoisotopic (exact) mass is 371 g/mol. The summed E-state index contributed by atoms with van der Waals surface area (Å²) in [6.45, 7) is 1.31. The highest BCUT2D eigenvalue weighted by Gasteiger charge is 2.37. The summed E-state index contributed by atoms with van der Waals surface area (Å²) in [4.78, 5) is 22.9. The first-order valence-corrected chi connectivity index (χ1v) is 7.97. The van der Waals surface area contributed by atoms with Crippen LogP contribution in [0.5, 0.6) is 11.5 Å². The van der Waals surface area contributed by atoms with E-state index >= 15 is 0 Å². The van der Waals surface area contributed by atoms with Gasteiger partial charge in [0, 0.05) is 18.6 Å². The van der Waals surface area contributed by atoms with Gasteiger partial charge in [-0.1, -0.05) is 12.1 Å². The third kappa shape index (κ3) is 3.39. The minimum absolute atomic E-state index is 0.148. The van der Waals surface area contributed by atoms with Gasteiger partial charge in [0.2, 0.25) is 18.0 Å². The van der Waals surface area contributed by atoms with E-state index in [0.29, 0.717) is 17.1 Å². The van der Waals surface area contributed by atoms with Gasteiger partial charge in [0.05, 0.1) is 24.7 Å². The number of nitro groups is 1. The molecule has 27 heavy (non-hydrogen) atoms. The SMILES string of the molecule is COc1ccc(C2=NN(C(C)=O)C(c3ccccc3[N+](=O)[O-])O2)cc1OC. The van der Waals surface area contributed by atoms with Gasteiger partial charge in [-0.2, -0.15) is 5.01 Å². The number of para-hydroxylation sites is 1. The molecule has 1 aliphatic heterocycles. The molecule has 2 aromatic carbocycles. The molecule has 0 fully saturated rings. The third-order valence-corrected chi connectivity index (χ3v) is 4.00. The smallest absolute Gasteiger partial charge is 0.278 e. The van der Waals surface area contributed by atoms with Crippen LogP contribution in [0, 0.1) is 10.1 Å². The molecule has 9 nitrogen and oxygen atoms in total. The Bertz CT molecular complexity index is 927. The maximum absolute atomic E-state index is 12.0. The number of carbonyl (C=O) groups excluding carboxylic acids is 1. The molecule has 1 heterocycles. The minimum atomic E-state index is -1.04. The van der Waals surface area contributed by atoms with E-state index in [4.69, 9.17) is 14.2 Å². The molecular weight excluding hydrogens is 354 g/mol. The Labute approximate surface area is 154 Å².